The molecule has 27 heavy (non-hydrogen) atoms. The molecule has 0 aliphatic heterocycles. The van der Waals surface area contributed by atoms with Gasteiger partial charge in [-0.3, -0.25) is 4.79 Å². The summed E-state index contributed by atoms with van der Waals surface area (Å²) in [5, 5.41) is 12.1. The van der Waals surface area contributed by atoms with Gasteiger partial charge in [-0.1, -0.05) is 35.9 Å². The average Bonchev–Trinajstić information content (AvgIpc) is 2.70. The highest BCUT2D eigenvalue weighted by Crippen LogP contribution is 2.29. The molecule has 0 fully saturated rings. The van der Waals surface area contributed by atoms with Gasteiger partial charge in [0.05, 0.1) is 22.4 Å². The first-order chi connectivity index (χ1) is 13.2. The summed E-state index contributed by atoms with van der Waals surface area (Å²) in [6, 6.07) is 23.5. The molecule has 4 nitrogen and oxygen atoms in total. The van der Waals surface area contributed by atoms with Crippen LogP contribution in [-0.4, -0.2) is 11.7 Å². The van der Waals surface area contributed by atoms with E-state index in [1.165, 1.54) is 11.8 Å². The van der Waals surface area contributed by atoms with Crippen LogP contribution in [0.3, 0.4) is 0 Å². The molecule has 0 aliphatic carbocycles. The third-order valence-corrected chi connectivity index (χ3v) is 4.85. The van der Waals surface area contributed by atoms with E-state index in [1.54, 1.807) is 48.5 Å². The summed E-state index contributed by atoms with van der Waals surface area (Å²) >= 11 is 7.43. The van der Waals surface area contributed by atoms with Crippen LogP contribution in [0, 0.1) is 11.3 Å². The predicted octanol–water partition coefficient (Wildman–Crippen LogP) is 6.00. The number of amides is 1. The second-order valence-corrected chi connectivity index (χ2v) is 6.88. The van der Waals surface area contributed by atoms with Crippen molar-refractivity contribution in [3.05, 3.63) is 83.4 Å². The van der Waals surface area contributed by atoms with Gasteiger partial charge in [0.15, 0.2) is 0 Å². The van der Waals surface area contributed by atoms with Crippen molar-refractivity contribution >= 4 is 35.0 Å². The fourth-order valence-corrected chi connectivity index (χ4v) is 3.23. The lowest BCUT2D eigenvalue weighted by Gasteiger charge is -2.10. The molecule has 1 N–H and O–H groups in total. The van der Waals surface area contributed by atoms with Crippen molar-refractivity contribution in [2.45, 2.75) is 4.90 Å². The minimum absolute atomic E-state index is 0.226. The standard InChI is InChI=1S/C21H15ClN2O2S/c22-18-6-2-3-7-19(18)26-16-11-9-15(10-12-16)24-21(25)17-5-1-4-8-20(17)27-14-13-23/h1-12H,14H2,(H,24,25). The molecule has 0 atom stereocenters. The van der Waals surface area contributed by atoms with Crippen LogP contribution in [0.15, 0.2) is 77.7 Å². The molecule has 134 valence electrons. The Balaban J connectivity index is 1.69. The molecule has 6 heteroatoms. The van der Waals surface area contributed by atoms with Gasteiger partial charge in [0.2, 0.25) is 0 Å². The number of anilines is 1. The second-order valence-electron chi connectivity index (χ2n) is 5.45. The van der Waals surface area contributed by atoms with Crippen LogP contribution >= 0.6 is 23.4 Å². The van der Waals surface area contributed by atoms with Gasteiger partial charge in [-0.05, 0) is 48.5 Å². The first kappa shape index (κ1) is 18.8. The van der Waals surface area contributed by atoms with E-state index in [9.17, 15) is 4.79 Å². The first-order valence-electron chi connectivity index (χ1n) is 8.10. The van der Waals surface area contributed by atoms with Crippen molar-refractivity contribution < 1.29 is 9.53 Å². The molecule has 0 aliphatic rings. The van der Waals surface area contributed by atoms with Crippen molar-refractivity contribution in [1.29, 1.82) is 5.26 Å². The monoisotopic (exact) mass is 394 g/mol. The van der Waals surface area contributed by atoms with Gasteiger partial charge in [-0.15, -0.1) is 11.8 Å². The lowest BCUT2D eigenvalue weighted by molar-refractivity contribution is 0.102. The molecular weight excluding hydrogens is 380 g/mol. The third kappa shape index (κ3) is 5.04. The fourth-order valence-electron chi connectivity index (χ4n) is 2.35. The van der Waals surface area contributed by atoms with Crippen LogP contribution in [0.5, 0.6) is 11.5 Å². The van der Waals surface area contributed by atoms with Gasteiger partial charge in [-0.2, -0.15) is 5.26 Å². The number of thioether (sulfide) groups is 1. The number of ether oxygens (including phenoxy) is 1. The Morgan fingerprint density at radius 3 is 2.48 bits per heavy atom. The highest BCUT2D eigenvalue weighted by Gasteiger charge is 2.12. The molecule has 0 heterocycles. The van der Waals surface area contributed by atoms with Crippen molar-refractivity contribution in [1.82, 2.24) is 0 Å². The van der Waals surface area contributed by atoms with Crippen LogP contribution < -0.4 is 10.1 Å². The number of carbonyl (C=O) groups is 1. The third-order valence-electron chi connectivity index (χ3n) is 3.60. The number of halogens is 1. The van der Waals surface area contributed by atoms with E-state index in [1.807, 2.05) is 24.3 Å². The zero-order valence-corrected chi connectivity index (χ0v) is 15.8. The van der Waals surface area contributed by atoms with Gasteiger partial charge >= 0.3 is 0 Å². The fraction of sp³-hybridized carbons (Fsp3) is 0.0476. The molecule has 3 aromatic rings. The Labute approximate surface area is 166 Å². The largest absolute Gasteiger partial charge is 0.456 e. The lowest BCUT2D eigenvalue weighted by Crippen LogP contribution is -2.12. The summed E-state index contributed by atoms with van der Waals surface area (Å²) < 4.78 is 5.74. The topological polar surface area (TPSA) is 62.1 Å². The van der Waals surface area contributed by atoms with Crippen molar-refractivity contribution in [3.8, 4) is 17.6 Å². The highest BCUT2D eigenvalue weighted by atomic mass is 35.5. The van der Waals surface area contributed by atoms with Gasteiger partial charge in [-0.25, -0.2) is 0 Å². The van der Waals surface area contributed by atoms with Crippen LogP contribution in [0.4, 0.5) is 5.69 Å². The Morgan fingerprint density at radius 1 is 1.04 bits per heavy atom. The zero-order valence-electron chi connectivity index (χ0n) is 14.2. The molecule has 0 bridgehead atoms. The van der Waals surface area contributed by atoms with Crippen LogP contribution in [-0.2, 0) is 0 Å². The molecule has 3 aromatic carbocycles. The first-order valence-corrected chi connectivity index (χ1v) is 9.46. The maximum absolute atomic E-state index is 12.6. The van der Waals surface area contributed by atoms with E-state index >= 15 is 0 Å². The SMILES string of the molecule is N#CCSc1ccccc1C(=O)Nc1ccc(Oc2ccccc2Cl)cc1. The molecule has 0 spiro atoms. The number of hydrogen-bond acceptors (Lipinski definition) is 4. The summed E-state index contributed by atoms with van der Waals surface area (Å²) in [6.45, 7) is 0. The number of hydrogen-bond donors (Lipinski definition) is 1. The Kier molecular flexibility index (Phi) is 6.37. The maximum atomic E-state index is 12.6. The average molecular weight is 395 g/mol. The minimum atomic E-state index is -0.226. The molecule has 1 amide bonds. The normalized spacial score (nSPS) is 10.1. The van der Waals surface area contributed by atoms with Gasteiger partial charge < -0.3 is 10.1 Å². The van der Waals surface area contributed by atoms with Gasteiger partial charge in [0.1, 0.15) is 11.5 Å². The van der Waals surface area contributed by atoms with E-state index in [2.05, 4.69) is 11.4 Å². The number of benzene rings is 3. The number of para-hydroxylation sites is 1. The molecule has 0 aromatic heterocycles. The zero-order chi connectivity index (χ0) is 19.1. The summed E-state index contributed by atoms with van der Waals surface area (Å²) in [7, 11) is 0. The molecule has 3 rings (SSSR count). The molecule has 0 saturated carbocycles. The van der Waals surface area contributed by atoms with Crippen LogP contribution in [0.25, 0.3) is 0 Å². The minimum Gasteiger partial charge on any atom is -0.456 e. The smallest absolute Gasteiger partial charge is 0.256 e. The van der Waals surface area contributed by atoms with E-state index < -0.39 is 0 Å². The Hall–Kier alpha value is -2.94. The molecule has 0 saturated heterocycles. The predicted molar refractivity (Wildman–Crippen MR) is 109 cm³/mol. The van der Waals surface area contributed by atoms with E-state index in [-0.39, 0.29) is 5.91 Å². The van der Waals surface area contributed by atoms with Gasteiger partial charge in [0, 0.05) is 10.6 Å². The summed E-state index contributed by atoms with van der Waals surface area (Å²) in [5.74, 6) is 1.25. The number of carbonyl (C=O) groups excluding carboxylic acids is 1. The van der Waals surface area contributed by atoms with Crippen molar-refractivity contribution in [2.75, 3.05) is 11.1 Å². The Bertz CT molecular complexity index is 984. The summed E-state index contributed by atoms with van der Waals surface area (Å²) in [5.41, 5.74) is 1.18. The molecular formula is C21H15ClN2O2S. The lowest BCUT2D eigenvalue weighted by atomic mass is 10.2. The number of nitriles is 1. The maximum Gasteiger partial charge on any atom is 0.256 e. The van der Waals surface area contributed by atoms with E-state index in [4.69, 9.17) is 21.6 Å². The summed E-state index contributed by atoms with van der Waals surface area (Å²) in [4.78, 5) is 13.3. The van der Waals surface area contributed by atoms with E-state index in [0.29, 0.717) is 33.5 Å². The van der Waals surface area contributed by atoms with Crippen LogP contribution in [0.1, 0.15) is 10.4 Å². The quantitative estimate of drug-likeness (QED) is 0.521. The second kappa shape index (κ2) is 9.13. The molecule has 0 radical (unpaired) electrons. The highest BCUT2D eigenvalue weighted by molar-refractivity contribution is 7.99. The number of nitrogens with one attached hydrogen (secondary N) is 1. The van der Waals surface area contributed by atoms with Crippen molar-refractivity contribution in [3.63, 3.8) is 0 Å². The summed E-state index contributed by atoms with van der Waals surface area (Å²) in [6.07, 6.45) is 0. The van der Waals surface area contributed by atoms with Crippen molar-refractivity contribution in [2.24, 2.45) is 0 Å². The number of rotatable bonds is 6. The van der Waals surface area contributed by atoms with Crippen LogP contribution in [0.2, 0.25) is 5.02 Å². The van der Waals surface area contributed by atoms with Gasteiger partial charge in [0.25, 0.3) is 5.91 Å². The number of nitrogens with zero attached hydrogens (tertiary/aromatic N) is 1. The van der Waals surface area contributed by atoms with E-state index in [0.717, 1.165) is 4.90 Å². The Morgan fingerprint density at radius 2 is 1.74 bits per heavy atom. The molecule has 0 unspecified atom stereocenters.